The Morgan fingerprint density at radius 2 is 1.77 bits per heavy atom. The van der Waals surface area contributed by atoms with Gasteiger partial charge in [0.25, 0.3) is 11.8 Å². The lowest BCUT2D eigenvalue weighted by Crippen LogP contribution is -2.30. The van der Waals surface area contributed by atoms with E-state index in [1.54, 1.807) is 84.2 Å². The summed E-state index contributed by atoms with van der Waals surface area (Å²) in [5.41, 5.74) is 9.41. The molecule has 3 aromatic carbocycles. The second-order valence-corrected chi connectivity index (χ2v) is 10.7. The van der Waals surface area contributed by atoms with E-state index >= 15 is 0 Å². The second-order valence-electron chi connectivity index (χ2n) is 10.7. The molecule has 1 unspecified atom stereocenters. The summed E-state index contributed by atoms with van der Waals surface area (Å²) >= 11 is 0. The van der Waals surface area contributed by atoms with Crippen LogP contribution in [0.1, 0.15) is 50.1 Å². The van der Waals surface area contributed by atoms with Crippen LogP contribution in [0, 0.1) is 6.92 Å². The number of carbonyl (C=O) groups is 4. The van der Waals surface area contributed by atoms with E-state index < -0.39 is 18.0 Å². The Hall–Kier alpha value is -5.68. The molecule has 0 saturated heterocycles. The molecule has 1 aliphatic heterocycles. The number of carboxylic acids is 1. The second kappa shape index (κ2) is 12.3. The van der Waals surface area contributed by atoms with Crippen molar-refractivity contribution in [2.45, 2.75) is 19.5 Å². The maximum atomic E-state index is 13.1. The number of nitrogens with zero attached hydrogens (tertiary/aromatic N) is 2. The Balaban J connectivity index is 1.39. The number of hydrogen-bond donors (Lipinski definition) is 4. The number of aromatic nitrogens is 1. The third-order valence-electron chi connectivity index (χ3n) is 7.10. The maximum Gasteiger partial charge on any atom is 0.337 e. The minimum absolute atomic E-state index is 0.00727. The third-order valence-corrected chi connectivity index (χ3v) is 7.10. The van der Waals surface area contributed by atoms with Crippen LogP contribution in [0.2, 0.25) is 0 Å². The number of carboxylic acid groups (broad SMARTS) is 1. The number of carbonyl (C=O) groups excluding carboxylic acids is 3. The summed E-state index contributed by atoms with van der Waals surface area (Å²) in [7, 11) is 3.50. The molecule has 0 spiro atoms. The molecule has 0 bridgehead atoms. The smallest absolute Gasteiger partial charge is 0.337 e. The Kier molecular flexibility index (Phi) is 8.32. The number of fused-ring (bicyclic) bond motifs is 1. The van der Waals surface area contributed by atoms with Gasteiger partial charge in [0, 0.05) is 40.8 Å². The number of nitrogens with two attached hydrogens (primary N) is 1. The van der Waals surface area contributed by atoms with Crippen molar-refractivity contribution in [3.63, 3.8) is 0 Å². The first-order chi connectivity index (χ1) is 21.0. The van der Waals surface area contributed by atoms with Gasteiger partial charge in [0.1, 0.15) is 11.5 Å². The number of rotatable bonds is 10. The van der Waals surface area contributed by atoms with E-state index in [2.05, 4.69) is 10.6 Å². The third kappa shape index (κ3) is 6.53. The fraction of sp³-hybridized carbons (Fsp3) is 0.152. The van der Waals surface area contributed by atoms with Gasteiger partial charge in [0.2, 0.25) is 5.91 Å². The average Bonchev–Trinajstić information content (AvgIpc) is 3.52. The van der Waals surface area contributed by atoms with E-state index in [0.717, 1.165) is 5.56 Å². The van der Waals surface area contributed by atoms with Crippen molar-refractivity contribution in [1.29, 1.82) is 0 Å². The highest BCUT2D eigenvalue weighted by Crippen LogP contribution is 2.38. The highest BCUT2D eigenvalue weighted by Gasteiger charge is 2.27. The molecule has 5 rings (SSSR count). The molecule has 0 fully saturated rings. The number of anilines is 2. The Morgan fingerprint density at radius 3 is 2.48 bits per heavy atom. The highest BCUT2D eigenvalue weighted by atomic mass is 16.5. The van der Waals surface area contributed by atoms with Gasteiger partial charge in [-0.05, 0) is 69.6 Å². The predicted molar refractivity (Wildman–Crippen MR) is 167 cm³/mol. The number of aromatic carboxylic acids is 1. The molecule has 0 aliphatic carbocycles. The first kappa shape index (κ1) is 29.8. The van der Waals surface area contributed by atoms with Crippen LogP contribution < -0.4 is 21.1 Å². The van der Waals surface area contributed by atoms with Crippen molar-refractivity contribution in [3.8, 4) is 11.5 Å². The van der Waals surface area contributed by atoms with Crippen molar-refractivity contribution >= 4 is 46.7 Å². The van der Waals surface area contributed by atoms with E-state index in [-0.39, 0.29) is 23.8 Å². The normalized spacial score (nSPS) is 13.8. The zero-order valence-electron chi connectivity index (χ0n) is 24.3. The number of benzene rings is 3. The van der Waals surface area contributed by atoms with Crippen molar-refractivity contribution in [1.82, 2.24) is 9.47 Å². The first-order valence-corrected chi connectivity index (χ1v) is 13.7. The maximum absolute atomic E-state index is 13.1. The predicted octanol–water partition coefficient (Wildman–Crippen LogP) is 4.97. The summed E-state index contributed by atoms with van der Waals surface area (Å²) in [4.78, 5) is 51.0. The van der Waals surface area contributed by atoms with Crippen molar-refractivity contribution in [2.75, 3.05) is 24.7 Å². The van der Waals surface area contributed by atoms with E-state index in [1.807, 2.05) is 19.1 Å². The molecule has 5 N–H and O–H groups in total. The average molecular weight is 594 g/mol. The molecule has 0 radical (unpaired) electrons. The summed E-state index contributed by atoms with van der Waals surface area (Å²) in [6.07, 6.45) is 2.39. The summed E-state index contributed by atoms with van der Waals surface area (Å²) in [6.45, 7) is 1.92. The minimum atomic E-state index is -1.14. The van der Waals surface area contributed by atoms with Crippen LogP contribution in [0.4, 0.5) is 11.4 Å². The van der Waals surface area contributed by atoms with E-state index in [1.165, 1.54) is 12.3 Å². The number of ether oxygens (including phenoxy) is 1. The van der Waals surface area contributed by atoms with Gasteiger partial charge in [-0.1, -0.05) is 23.8 Å². The summed E-state index contributed by atoms with van der Waals surface area (Å²) in [5.74, 6) is -1.37. The fourth-order valence-electron chi connectivity index (χ4n) is 4.99. The van der Waals surface area contributed by atoms with Crippen molar-refractivity contribution < 1.29 is 29.0 Å². The molecule has 224 valence electrons. The molecule has 1 atom stereocenters. The molecule has 3 amide bonds. The molecule has 2 heterocycles. The largest absolute Gasteiger partial charge is 0.478 e. The van der Waals surface area contributed by atoms with E-state index in [4.69, 9.17) is 10.5 Å². The van der Waals surface area contributed by atoms with Crippen LogP contribution >= 0.6 is 0 Å². The summed E-state index contributed by atoms with van der Waals surface area (Å²) in [5, 5.41) is 15.3. The number of primary amides is 1. The lowest BCUT2D eigenvalue weighted by atomic mass is 10.1. The van der Waals surface area contributed by atoms with E-state index in [0.29, 0.717) is 45.3 Å². The Labute approximate surface area is 253 Å². The molecule has 4 aromatic rings. The van der Waals surface area contributed by atoms with Crippen molar-refractivity contribution in [3.05, 3.63) is 107 Å². The van der Waals surface area contributed by atoms with Gasteiger partial charge in [0.05, 0.1) is 29.4 Å². The number of aryl methyl sites for hydroxylation is 1. The fourth-order valence-corrected chi connectivity index (χ4v) is 4.99. The van der Waals surface area contributed by atoms with Gasteiger partial charge in [-0.3, -0.25) is 19.3 Å². The number of amides is 3. The standard InChI is InChI=1S/C33H31N5O6/c1-19-6-4-7-20(12-19)31(40)35-22-8-5-9-24(14-22)44-25-10-11-26-27(32(41)36-28(26)16-25)15-23-13-21(33(42)43)18-38(23)30(37(2)3)17-29(34)39/h4-16,18,30H,17H2,1-3H3,(H2,34,39)(H,35,40)(H,36,41)(H,42,43). The Bertz CT molecular complexity index is 1820. The quantitative estimate of drug-likeness (QED) is 0.189. The van der Waals surface area contributed by atoms with Gasteiger partial charge in [-0.2, -0.15) is 0 Å². The number of hydrogen-bond acceptors (Lipinski definition) is 6. The van der Waals surface area contributed by atoms with Gasteiger partial charge < -0.3 is 30.8 Å². The van der Waals surface area contributed by atoms with Crippen LogP contribution in [0.3, 0.4) is 0 Å². The summed E-state index contributed by atoms with van der Waals surface area (Å²) < 4.78 is 7.66. The molecule has 11 heteroatoms. The van der Waals surface area contributed by atoms with Crippen LogP contribution in [0.5, 0.6) is 11.5 Å². The van der Waals surface area contributed by atoms with Gasteiger partial charge in [-0.25, -0.2) is 4.79 Å². The lowest BCUT2D eigenvalue weighted by molar-refractivity contribution is -0.119. The molecule has 11 nitrogen and oxygen atoms in total. The van der Waals surface area contributed by atoms with Gasteiger partial charge in [0.15, 0.2) is 0 Å². The molecule has 0 saturated carbocycles. The Morgan fingerprint density at radius 1 is 1.02 bits per heavy atom. The topological polar surface area (TPSA) is 156 Å². The first-order valence-electron chi connectivity index (χ1n) is 13.7. The van der Waals surface area contributed by atoms with Crippen LogP contribution in [-0.2, 0) is 9.59 Å². The van der Waals surface area contributed by atoms with Gasteiger partial charge in [-0.15, -0.1) is 0 Å². The monoisotopic (exact) mass is 593 g/mol. The van der Waals surface area contributed by atoms with Crippen LogP contribution in [0.15, 0.2) is 79.0 Å². The number of nitrogens with one attached hydrogen (secondary N) is 2. The zero-order chi connectivity index (χ0) is 31.5. The van der Waals surface area contributed by atoms with Crippen LogP contribution in [0.25, 0.3) is 11.6 Å². The molecule has 1 aromatic heterocycles. The minimum Gasteiger partial charge on any atom is -0.478 e. The van der Waals surface area contributed by atoms with E-state index in [9.17, 15) is 24.3 Å². The molecule has 44 heavy (non-hydrogen) atoms. The molecular weight excluding hydrogens is 562 g/mol. The van der Waals surface area contributed by atoms with Gasteiger partial charge >= 0.3 is 5.97 Å². The highest BCUT2D eigenvalue weighted by molar-refractivity contribution is 6.35. The SMILES string of the molecule is Cc1cccc(C(=O)Nc2cccc(Oc3ccc4c(c3)NC(=O)C4=Cc3cc(C(=O)O)cn3C(CC(N)=O)N(C)C)c2)c1. The summed E-state index contributed by atoms with van der Waals surface area (Å²) in [6, 6.07) is 20.8. The zero-order valence-corrected chi connectivity index (χ0v) is 24.3. The molecular formula is C33H31N5O6. The molecule has 1 aliphatic rings. The van der Waals surface area contributed by atoms with Crippen molar-refractivity contribution in [2.24, 2.45) is 5.73 Å². The van der Waals surface area contributed by atoms with Crippen LogP contribution in [-0.4, -0.2) is 52.4 Å². The lowest BCUT2D eigenvalue weighted by Gasteiger charge is -2.26.